The van der Waals surface area contributed by atoms with E-state index < -0.39 is 25.5 Å². The van der Waals surface area contributed by atoms with Crippen LogP contribution in [0.5, 0.6) is 0 Å². The van der Waals surface area contributed by atoms with E-state index in [4.69, 9.17) is 0 Å². The standard InChI is InChI=1S/C19H44O6S4.H3N/c1-5-6-7-8-9-10-11-12-13-14-15-16-17-18-19-29(3,4,26-27(20,21)22)28(23,24)25-2;/h29H,5-19H2,1-4H3,(H,20,21,22);1H3. The highest BCUT2D eigenvalue weighted by Crippen LogP contribution is 2.80. The summed E-state index contributed by atoms with van der Waals surface area (Å²) in [4.78, 5) is 0. The maximum absolute atomic E-state index is 12.4. The van der Waals surface area contributed by atoms with Gasteiger partial charge in [-0.3, -0.25) is 8.74 Å². The number of hydrogen-bond donors (Lipinski definition) is 3. The highest BCUT2D eigenvalue weighted by Gasteiger charge is 2.48. The third-order valence-corrected chi connectivity index (χ3v) is 26.3. The number of hydrogen-bond acceptors (Lipinski definition) is 7. The van der Waals surface area contributed by atoms with Crippen molar-refractivity contribution in [2.45, 2.75) is 96.8 Å². The van der Waals surface area contributed by atoms with Gasteiger partial charge in [0.2, 0.25) is 0 Å². The molecule has 0 fully saturated rings. The Morgan fingerprint density at radius 1 is 0.733 bits per heavy atom. The lowest BCUT2D eigenvalue weighted by Gasteiger charge is -2.49. The molecule has 0 aromatic carbocycles. The van der Waals surface area contributed by atoms with Crippen LogP contribution >= 0.6 is 17.1 Å². The molecule has 0 saturated carbocycles. The minimum Gasteiger partial charge on any atom is -0.344 e. The Balaban J connectivity index is 0. The van der Waals surface area contributed by atoms with Crippen LogP contribution in [-0.4, -0.2) is 46.8 Å². The Morgan fingerprint density at radius 2 is 1.07 bits per heavy atom. The van der Waals surface area contributed by atoms with E-state index in [1.807, 2.05) is 0 Å². The van der Waals surface area contributed by atoms with Gasteiger partial charge in [-0.1, -0.05) is 90.4 Å². The quantitative estimate of drug-likeness (QED) is 0.0792. The first kappa shape index (κ1) is 32.7. The summed E-state index contributed by atoms with van der Waals surface area (Å²) in [6.45, 7) is 2.24. The van der Waals surface area contributed by atoms with Crippen LogP contribution < -0.4 is 6.15 Å². The molecule has 30 heavy (non-hydrogen) atoms. The maximum atomic E-state index is 12.4. The lowest BCUT2D eigenvalue weighted by molar-refractivity contribution is 0.412. The summed E-state index contributed by atoms with van der Waals surface area (Å²) in [5.74, 6) is 0.213. The second-order valence-electron chi connectivity index (χ2n) is 8.56. The molecular formula is C19H47NO6S4. The third kappa shape index (κ3) is 13.1. The maximum Gasteiger partial charge on any atom is 0.327 e. The molecule has 0 aromatic heterocycles. The first-order valence-corrected chi connectivity index (χ1v) is 19.6. The van der Waals surface area contributed by atoms with E-state index in [1.165, 1.54) is 76.7 Å². The van der Waals surface area contributed by atoms with Gasteiger partial charge in [0.05, 0.1) is 7.11 Å². The summed E-state index contributed by atoms with van der Waals surface area (Å²) in [5.41, 5.74) is 0. The molecule has 7 nitrogen and oxygen atoms in total. The number of thiol groups is 1. The Morgan fingerprint density at radius 3 is 1.37 bits per heavy atom. The molecule has 0 aromatic rings. The molecular weight excluding hydrogens is 466 g/mol. The molecule has 0 spiro atoms. The van der Waals surface area contributed by atoms with E-state index in [2.05, 4.69) is 11.1 Å². The van der Waals surface area contributed by atoms with Crippen LogP contribution in [0.4, 0.5) is 0 Å². The van der Waals surface area contributed by atoms with Crippen molar-refractivity contribution in [3.8, 4) is 0 Å². The largest absolute Gasteiger partial charge is 0.344 e. The Hall–Kier alpha value is 0.480. The van der Waals surface area contributed by atoms with Gasteiger partial charge < -0.3 is 6.15 Å². The molecule has 0 unspecified atom stereocenters. The smallest absolute Gasteiger partial charge is 0.327 e. The molecule has 0 atom stereocenters. The van der Waals surface area contributed by atoms with E-state index in [0.29, 0.717) is 6.42 Å². The topological polar surface area (TPSA) is 133 Å². The van der Waals surface area contributed by atoms with E-state index in [0.717, 1.165) is 26.4 Å². The summed E-state index contributed by atoms with van der Waals surface area (Å²) in [6.07, 6.45) is 19.5. The number of unbranched alkanes of at least 4 members (excludes halogenated alkanes) is 13. The average molecular weight is 514 g/mol. The monoisotopic (exact) mass is 513 g/mol. The lowest BCUT2D eigenvalue weighted by atomic mass is 10.0. The van der Waals surface area contributed by atoms with E-state index in [-0.39, 0.29) is 21.7 Å². The zero-order valence-corrected chi connectivity index (χ0v) is 22.8. The minimum atomic E-state index is -4.49. The Bertz CT molecular complexity index is 650. The normalized spacial score (nSPS) is 14.1. The van der Waals surface area contributed by atoms with Crippen molar-refractivity contribution < 1.29 is 25.6 Å². The van der Waals surface area contributed by atoms with Crippen LogP contribution in [0.2, 0.25) is 0 Å². The molecule has 0 heterocycles. The van der Waals surface area contributed by atoms with Crippen molar-refractivity contribution in [2.75, 3.05) is 25.4 Å². The second-order valence-corrected chi connectivity index (χ2v) is 27.6. The van der Waals surface area contributed by atoms with Crippen molar-refractivity contribution in [1.82, 2.24) is 6.15 Å². The molecule has 0 bridgehead atoms. The molecule has 0 aliphatic rings. The molecule has 0 aliphatic carbocycles. The van der Waals surface area contributed by atoms with Crippen LogP contribution in [0, 0.1) is 0 Å². The summed E-state index contributed by atoms with van der Waals surface area (Å²) >= 11 is 0. The Kier molecular flexibility index (Phi) is 16.7. The second kappa shape index (κ2) is 15.3. The van der Waals surface area contributed by atoms with Gasteiger partial charge in [0.15, 0.2) is 0 Å². The SMILES string of the molecule is CCCCCCCCCCCCCCCC[SH](C)(C)(SS(=O)(=O)O)S(=O)(=O)OC.N. The van der Waals surface area contributed by atoms with Crippen LogP contribution in [0.3, 0.4) is 0 Å². The Labute approximate surface area is 188 Å². The van der Waals surface area contributed by atoms with E-state index >= 15 is 0 Å². The summed E-state index contributed by atoms with van der Waals surface area (Å²) in [6, 6.07) is 0. The summed E-state index contributed by atoms with van der Waals surface area (Å²) in [7, 11) is -11.2. The number of rotatable bonds is 19. The first-order chi connectivity index (χ1) is 13.4. The average Bonchev–Trinajstić information content (AvgIpc) is 2.60. The van der Waals surface area contributed by atoms with Crippen molar-refractivity contribution in [1.29, 1.82) is 0 Å². The van der Waals surface area contributed by atoms with Crippen LogP contribution in [-0.2, 0) is 22.5 Å². The highest BCUT2D eigenvalue weighted by atomic mass is 33.8. The molecule has 4 N–H and O–H groups in total. The van der Waals surface area contributed by atoms with Gasteiger partial charge in [0.25, 0.3) is 9.15 Å². The molecule has 0 aliphatic heterocycles. The zero-order valence-electron chi connectivity index (χ0n) is 19.5. The van der Waals surface area contributed by atoms with Gasteiger partial charge >= 0.3 is 9.15 Å². The molecule has 0 saturated heterocycles. The predicted octanol–water partition coefficient (Wildman–Crippen LogP) is 6.30. The molecule has 0 radical (unpaired) electrons. The van der Waals surface area contributed by atoms with E-state index in [9.17, 15) is 21.4 Å². The van der Waals surface area contributed by atoms with Crippen molar-refractivity contribution in [3.63, 3.8) is 0 Å². The third-order valence-electron chi connectivity index (χ3n) is 5.38. The van der Waals surface area contributed by atoms with Crippen molar-refractivity contribution in [3.05, 3.63) is 0 Å². The molecule has 0 amide bonds. The van der Waals surface area contributed by atoms with Gasteiger partial charge in [0.1, 0.15) is 0 Å². The van der Waals surface area contributed by atoms with Crippen LogP contribution in [0.1, 0.15) is 96.8 Å². The minimum absolute atomic E-state index is 0. The molecule has 0 rings (SSSR count). The fourth-order valence-corrected chi connectivity index (χ4v) is 22.3. The van der Waals surface area contributed by atoms with Crippen molar-refractivity contribution >= 4 is 35.4 Å². The van der Waals surface area contributed by atoms with Gasteiger partial charge in [-0.15, -0.1) is 7.23 Å². The van der Waals surface area contributed by atoms with Gasteiger partial charge in [-0.2, -0.15) is 16.8 Å². The van der Waals surface area contributed by atoms with Crippen LogP contribution in [0.25, 0.3) is 0 Å². The van der Waals surface area contributed by atoms with Gasteiger partial charge in [-0.25, -0.2) is 0 Å². The van der Waals surface area contributed by atoms with Gasteiger partial charge in [0, 0.05) is 9.83 Å². The highest BCUT2D eigenvalue weighted by molar-refractivity contribution is 9.40. The molecule has 188 valence electrons. The van der Waals surface area contributed by atoms with Crippen molar-refractivity contribution in [2.24, 2.45) is 0 Å². The lowest BCUT2D eigenvalue weighted by Crippen LogP contribution is -2.28. The summed E-state index contributed by atoms with van der Waals surface area (Å²) in [5, 5.41) is 0. The fourth-order valence-electron chi connectivity index (χ4n) is 3.46. The molecule has 11 heteroatoms. The predicted molar refractivity (Wildman–Crippen MR) is 136 cm³/mol. The van der Waals surface area contributed by atoms with Gasteiger partial charge in [-0.05, 0) is 24.7 Å². The van der Waals surface area contributed by atoms with E-state index in [1.54, 1.807) is 0 Å². The zero-order chi connectivity index (χ0) is 22.5. The first-order valence-electron chi connectivity index (χ1n) is 10.9. The van der Waals surface area contributed by atoms with Crippen LogP contribution in [0.15, 0.2) is 0 Å². The summed E-state index contributed by atoms with van der Waals surface area (Å²) < 4.78 is 61.5. The fraction of sp³-hybridized carbons (Fsp3) is 1.00.